The van der Waals surface area contributed by atoms with Crippen LogP contribution in [0.3, 0.4) is 0 Å². The van der Waals surface area contributed by atoms with Gasteiger partial charge in [0, 0.05) is 22.5 Å². The Kier molecular flexibility index (Phi) is 7.49. The van der Waals surface area contributed by atoms with Crippen molar-refractivity contribution >= 4 is 27.8 Å². The minimum absolute atomic E-state index is 0.0934. The summed E-state index contributed by atoms with van der Waals surface area (Å²) in [4.78, 5) is 2.54. The van der Waals surface area contributed by atoms with Crippen LogP contribution in [0.2, 0.25) is 0 Å². The molecule has 51 heavy (non-hydrogen) atoms. The molecule has 1 heteroatoms. The molecule has 10 rings (SSSR count). The first-order valence-corrected chi connectivity index (χ1v) is 19.8. The summed E-state index contributed by atoms with van der Waals surface area (Å²) in [5.41, 5.74) is 14.9. The SMILES string of the molecule is CC1(C)c2ccc(-c3ccc4ccccc4c3)cc2-c2ccc(N(c3ccc(C4CC5CCC4C5)cc3)c3cccc(C4CCCCC4)c3)cc21. The molecule has 0 spiro atoms. The molecule has 2 bridgehead atoms. The van der Waals surface area contributed by atoms with Gasteiger partial charge in [0.1, 0.15) is 0 Å². The number of rotatable bonds is 6. The highest BCUT2D eigenvalue weighted by Gasteiger charge is 2.40. The monoisotopic (exact) mass is 663 g/mol. The Hall–Kier alpha value is -4.62. The molecule has 3 atom stereocenters. The maximum atomic E-state index is 2.54. The van der Waals surface area contributed by atoms with Crippen molar-refractivity contribution in [1.82, 2.24) is 0 Å². The summed E-state index contributed by atoms with van der Waals surface area (Å²) in [5.74, 6) is 3.28. The van der Waals surface area contributed by atoms with Crippen molar-refractivity contribution in [1.29, 1.82) is 0 Å². The highest BCUT2D eigenvalue weighted by molar-refractivity contribution is 5.91. The predicted molar refractivity (Wildman–Crippen MR) is 216 cm³/mol. The summed E-state index contributed by atoms with van der Waals surface area (Å²) in [6, 6.07) is 49.2. The van der Waals surface area contributed by atoms with Crippen LogP contribution in [0.5, 0.6) is 0 Å². The van der Waals surface area contributed by atoms with E-state index in [0.717, 1.165) is 17.8 Å². The van der Waals surface area contributed by atoms with E-state index in [1.165, 1.54) is 125 Å². The lowest BCUT2D eigenvalue weighted by molar-refractivity contribution is 0.420. The number of hydrogen-bond acceptors (Lipinski definition) is 1. The molecule has 3 saturated carbocycles. The van der Waals surface area contributed by atoms with Gasteiger partial charge in [0.15, 0.2) is 0 Å². The van der Waals surface area contributed by atoms with Crippen LogP contribution in [0.1, 0.15) is 106 Å². The summed E-state index contributed by atoms with van der Waals surface area (Å²) in [7, 11) is 0. The van der Waals surface area contributed by atoms with E-state index in [4.69, 9.17) is 0 Å². The first-order valence-electron chi connectivity index (χ1n) is 19.8. The van der Waals surface area contributed by atoms with E-state index >= 15 is 0 Å². The van der Waals surface area contributed by atoms with Crippen molar-refractivity contribution in [2.75, 3.05) is 4.90 Å². The maximum Gasteiger partial charge on any atom is 0.0465 e. The number of anilines is 3. The van der Waals surface area contributed by atoms with Crippen molar-refractivity contribution in [2.45, 2.75) is 88.9 Å². The Bertz CT molecular complexity index is 2250. The first-order chi connectivity index (χ1) is 25.0. The van der Waals surface area contributed by atoms with Gasteiger partial charge in [-0.3, -0.25) is 0 Å². The number of fused-ring (bicyclic) bond motifs is 6. The van der Waals surface area contributed by atoms with Gasteiger partial charge in [-0.25, -0.2) is 0 Å². The highest BCUT2D eigenvalue weighted by atomic mass is 15.1. The third kappa shape index (κ3) is 5.35. The first kappa shape index (κ1) is 31.1. The molecule has 4 aliphatic rings. The molecule has 1 nitrogen and oxygen atoms in total. The van der Waals surface area contributed by atoms with E-state index < -0.39 is 0 Å². The molecular formula is C50H49N. The van der Waals surface area contributed by atoms with E-state index in [1.807, 2.05) is 0 Å². The van der Waals surface area contributed by atoms with Gasteiger partial charge < -0.3 is 4.90 Å². The lowest BCUT2D eigenvalue weighted by Crippen LogP contribution is -2.17. The number of benzene rings is 6. The topological polar surface area (TPSA) is 3.24 Å². The summed E-state index contributed by atoms with van der Waals surface area (Å²) in [6.45, 7) is 4.82. The molecule has 3 unspecified atom stereocenters. The quantitative estimate of drug-likeness (QED) is 0.171. The summed E-state index contributed by atoms with van der Waals surface area (Å²) >= 11 is 0. The Balaban J connectivity index is 1.05. The van der Waals surface area contributed by atoms with Crippen molar-refractivity contribution in [2.24, 2.45) is 11.8 Å². The van der Waals surface area contributed by atoms with Gasteiger partial charge in [-0.2, -0.15) is 0 Å². The van der Waals surface area contributed by atoms with Crippen LogP contribution >= 0.6 is 0 Å². The maximum absolute atomic E-state index is 2.54. The molecule has 0 aliphatic heterocycles. The van der Waals surface area contributed by atoms with E-state index in [1.54, 1.807) is 5.56 Å². The molecule has 6 aromatic carbocycles. The molecule has 0 radical (unpaired) electrons. The van der Waals surface area contributed by atoms with Gasteiger partial charge in [0.2, 0.25) is 0 Å². The minimum Gasteiger partial charge on any atom is -0.310 e. The second-order valence-corrected chi connectivity index (χ2v) is 16.8. The molecule has 3 fully saturated rings. The second-order valence-electron chi connectivity index (χ2n) is 16.8. The molecular weight excluding hydrogens is 615 g/mol. The molecule has 0 heterocycles. The van der Waals surface area contributed by atoms with Crippen LogP contribution in [0.4, 0.5) is 17.1 Å². The average Bonchev–Trinajstić information content (AvgIpc) is 3.88. The standard InChI is InChI=1S/C50H49N/c1-50(2)48-26-21-40(39-18-17-35-11-6-7-12-37(35)29-39)31-47(48)45-25-24-44(32-49(45)50)51(43-14-8-13-38(30-43)34-9-4-3-5-10-34)42-22-19-36(20-23-42)46-28-33-15-16-41(46)27-33/h6-8,11-14,17-26,29-34,41,46H,3-5,9-10,15-16,27-28H2,1-2H3. The van der Waals surface area contributed by atoms with Gasteiger partial charge in [-0.05, 0) is 160 Å². The van der Waals surface area contributed by atoms with Gasteiger partial charge >= 0.3 is 0 Å². The van der Waals surface area contributed by atoms with Crippen LogP contribution in [-0.4, -0.2) is 0 Å². The molecule has 254 valence electrons. The summed E-state index contributed by atoms with van der Waals surface area (Å²) in [5, 5.41) is 2.58. The van der Waals surface area contributed by atoms with Gasteiger partial charge in [0.05, 0.1) is 0 Å². The van der Waals surface area contributed by atoms with Crippen LogP contribution in [0.15, 0.2) is 127 Å². The molecule has 0 N–H and O–H groups in total. The number of nitrogens with zero attached hydrogens (tertiary/aromatic N) is 1. The van der Waals surface area contributed by atoms with Crippen molar-refractivity contribution in [3.8, 4) is 22.3 Å². The molecule has 0 saturated heterocycles. The van der Waals surface area contributed by atoms with Crippen LogP contribution in [0.25, 0.3) is 33.0 Å². The Morgan fingerprint density at radius 1 is 0.510 bits per heavy atom. The fraction of sp³-hybridized carbons (Fsp3) is 0.320. The van der Waals surface area contributed by atoms with E-state index in [2.05, 4.69) is 146 Å². The Morgan fingerprint density at radius 2 is 1.27 bits per heavy atom. The zero-order valence-corrected chi connectivity index (χ0v) is 30.2. The Labute approximate surface area is 304 Å². The van der Waals surface area contributed by atoms with Crippen molar-refractivity contribution < 1.29 is 0 Å². The average molecular weight is 664 g/mol. The fourth-order valence-corrected chi connectivity index (χ4v) is 10.8. The lowest BCUT2D eigenvalue weighted by atomic mass is 9.82. The largest absolute Gasteiger partial charge is 0.310 e. The van der Waals surface area contributed by atoms with Crippen molar-refractivity contribution in [3.63, 3.8) is 0 Å². The van der Waals surface area contributed by atoms with Gasteiger partial charge in [-0.15, -0.1) is 0 Å². The second kappa shape index (κ2) is 12.3. The molecule has 6 aromatic rings. The van der Waals surface area contributed by atoms with Crippen LogP contribution in [-0.2, 0) is 5.41 Å². The normalized spacial score (nSPS) is 21.9. The van der Waals surface area contributed by atoms with Crippen LogP contribution < -0.4 is 4.90 Å². The lowest BCUT2D eigenvalue weighted by Gasteiger charge is -2.30. The summed E-state index contributed by atoms with van der Waals surface area (Å²) in [6.07, 6.45) is 12.4. The fourth-order valence-electron chi connectivity index (χ4n) is 10.8. The zero-order valence-electron chi connectivity index (χ0n) is 30.2. The summed E-state index contributed by atoms with van der Waals surface area (Å²) < 4.78 is 0. The van der Waals surface area contributed by atoms with Crippen LogP contribution in [0, 0.1) is 11.8 Å². The Morgan fingerprint density at radius 3 is 2.08 bits per heavy atom. The smallest absolute Gasteiger partial charge is 0.0465 e. The van der Waals surface area contributed by atoms with E-state index in [9.17, 15) is 0 Å². The third-order valence-electron chi connectivity index (χ3n) is 13.5. The zero-order chi connectivity index (χ0) is 34.1. The highest BCUT2D eigenvalue weighted by Crippen LogP contribution is 2.54. The minimum atomic E-state index is -0.0934. The molecule has 4 aliphatic carbocycles. The predicted octanol–water partition coefficient (Wildman–Crippen LogP) is 14.2. The van der Waals surface area contributed by atoms with Gasteiger partial charge in [0.25, 0.3) is 0 Å². The van der Waals surface area contributed by atoms with E-state index in [0.29, 0.717) is 5.92 Å². The number of hydrogen-bond donors (Lipinski definition) is 0. The third-order valence-corrected chi connectivity index (χ3v) is 13.5. The van der Waals surface area contributed by atoms with Crippen molar-refractivity contribution in [3.05, 3.63) is 150 Å². The van der Waals surface area contributed by atoms with E-state index in [-0.39, 0.29) is 5.41 Å². The van der Waals surface area contributed by atoms with Gasteiger partial charge in [-0.1, -0.05) is 118 Å². The molecule has 0 amide bonds. The molecule has 0 aromatic heterocycles.